The van der Waals surface area contributed by atoms with Gasteiger partial charge < -0.3 is 33.5 Å². The molecule has 1 heterocycles. The Morgan fingerprint density at radius 2 is 1.36 bits per heavy atom. The summed E-state index contributed by atoms with van der Waals surface area (Å²) in [5.74, 6) is 0.311. The minimum absolute atomic E-state index is 0.0130. The second-order valence-electron chi connectivity index (χ2n) is 7.40. The van der Waals surface area contributed by atoms with E-state index in [4.69, 9.17) is 28.4 Å². The highest BCUT2D eigenvalue weighted by Crippen LogP contribution is 2.31. The van der Waals surface area contributed by atoms with E-state index in [9.17, 15) is 5.11 Å². The van der Waals surface area contributed by atoms with E-state index >= 15 is 0 Å². The van der Waals surface area contributed by atoms with Gasteiger partial charge in [-0.15, -0.1) is 0 Å². The van der Waals surface area contributed by atoms with E-state index in [1.165, 1.54) is 6.07 Å². The molecule has 3 rings (SSSR count). The van der Waals surface area contributed by atoms with E-state index in [0.29, 0.717) is 70.9 Å². The van der Waals surface area contributed by atoms with Gasteiger partial charge in [-0.25, -0.2) is 0 Å². The number of phenolic OH excluding ortho intramolecular Hbond substituents is 1. The summed E-state index contributed by atoms with van der Waals surface area (Å²) in [4.78, 5) is 0. The highest BCUT2D eigenvalue weighted by atomic mass is 16.6. The van der Waals surface area contributed by atoms with Crippen molar-refractivity contribution < 1.29 is 33.5 Å². The standard InChI is InChI=1S/C24H32N2O7/c1-19-2-4-20(5-3-19)25-26-21-6-7-23(27)24(16-21)33-18-22-17-31-13-12-29-9-8-28-10-11-30-14-15-32-22/h2-7,16,22,27H,8-15,17-18H2,1H3. The Morgan fingerprint density at radius 3 is 2.06 bits per heavy atom. The Morgan fingerprint density at radius 1 is 0.788 bits per heavy atom. The number of ether oxygens (including phenoxy) is 6. The summed E-state index contributed by atoms with van der Waals surface area (Å²) in [5, 5.41) is 18.7. The van der Waals surface area contributed by atoms with E-state index < -0.39 is 0 Å². The number of hydrogen-bond acceptors (Lipinski definition) is 9. The van der Waals surface area contributed by atoms with E-state index in [-0.39, 0.29) is 18.5 Å². The normalized spacial score (nSPS) is 19.6. The van der Waals surface area contributed by atoms with Crippen molar-refractivity contribution in [3.8, 4) is 11.5 Å². The van der Waals surface area contributed by atoms with Crippen LogP contribution in [0.5, 0.6) is 11.5 Å². The summed E-state index contributed by atoms with van der Waals surface area (Å²) in [6.07, 6.45) is -0.341. The number of rotatable bonds is 5. The van der Waals surface area contributed by atoms with Crippen molar-refractivity contribution >= 4 is 11.4 Å². The van der Waals surface area contributed by atoms with E-state index in [2.05, 4.69) is 10.2 Å². The molecular weight excluding hydrogens is 428 g/mol. The molecule has 1 saturated heterocycles. The van der Waals surface area contributed by atoms with Gasteiger partial charge in [0.15, 0.2) is 11.5 Å². The smallest absolute Gasteiger partial charge is 0.163 e. The molecule has 33 heavy (non-hydrogen) atoms. The van der Waals surface area contributed by atoms with Crippen molar-refractivity contribution in [2.75, 3.05) is 66.1 Å². The Bertz CT molecular complexity index is 829. The molecule has 0 bridgehead atoms. The topological polar surface area (TPSA) is 100 Å². The maximum Gasteiger partial charge on any atom is 0.163 e. The van der Waals surface area contributed by atoms with Gasteiger partial charge in [-0.3, -0.25) is 0 Å². The zero-order valence-electron chi connectivity index (χ0n) is 19.0. The van der Waals surface area contributed by atoms with Gasteiger partial charge in [0.25, 0.3) is 0 Å². The van der Waals surface area contributed by atoms with Crippen LogP contribution in [-0.2, 0) is 23.7 Å². The Hall–Kier alpha value is -2.56. The van der Waals surface area contributed by atoms with Crippen molar-refractivity contribution in [1.29, 1.82) is 0 Å². The van der Waals surface area contributed by atoms with Crippen molar-refractivity contribution in [2.24, 2.45) is 10.2 Å². The van der Waals surface area contributed by atoms with Crippen molar-refractivity contribution in [3.05, 3.63) is 48.0 Å². The fraction of sp³-hybridized carbons (Fsp3) is 0.500. The fourth-order valence-electron chi connectivity index (χ4n) is 2.88. The highest BCUT2D eigenvalue weighted by Gasteiger charge is 2.13. The zero-order valence-corrected chi connectivity index (χ0v) is 19.0. The number of benzene rings is 2. The molecule has 1 unspecified atom stereocenters. The van der Waals surface area contributed by atoms with Crippen molar-refractivity contribution in [3.63, 3.8) is 0 Å². The summed E-state index contributed by atoms with van der Waals surface area (Å²) >= 11 is 0. The quantitative estimate of drug-likeness (QED) is 0.674. The molecule has 9 nitrogen and oxygen atoms in total. The lowest BCUT2D eigenvalue weighted by molar-refractivity contribution is -0.0608. The minimum atomic E-state index is -0.341. The van der Waals surface area contributed by atoms with E-state index in [0.717, 1.165) is 11.3 Å². The lowest BCUT2D eigenvalue weighted by Crippen LogP contribution is -2.29. The van der Waals surface area contributed by atoms with Gasteiger partial charge in [0, 0.05) is 6.07 Å². The second-order valence-corrected chi connectivity index (χ2v) is 7.40. The monoisotopic (exact) mass is 460 g/mol. The number of phenols is 1. The van der Waals surface area contributed by atoms with Gasteiger partial charge in [-0.2, -0.15) is 10.2 Å². The predicted molar refractivity (Wildman–Crippen MR) is 122 cm³/mol. The molecule has 1 atom stereocenters. The van der Waals surface area contributed by atoms with Gasteiger partial charge >= 0.3 is 0 Å². The summed E-state index contributed by atoms with van der Waals surface area (Å²) in [6, 6.07) is 12.6. The Kier molecular flexibility index (Phi) is 11.1. The molecule has 0 saturated carbocycles. The van der Waals surface area contributed by atoms with Gasteiger partial charge in [-0.1, -0.05) is 17.7 Å². The number of aromatic hydroxyl groups is 1. The van der Waals surface area contributed by atoms with Crippen molar-refractivity contribution in [1.82, 2.24) is 0 Å². The molecule has 0 amide bonds. The number of nitrogens with zero attached hydrogens (tertiary/aromatic N) is 2. The van der Waals surface area contributed by atoms with Crippen LogP contribution in [-0.4, -0.2) is 77.3 Å². The highest BCUT2D eigenvalue weighted by molar-refractivity contribution is 5.51. The average molecular weight is 461 g/mol. The predicted octanol–water partition coefficient (Wildman–Crippen LogP) is 3.96. The molecule has 9 heteroatoms. The van der Waals surface area contributed by atoms with Crippen LogP contribution in [0.2, 0.25) is 0 Å². The first-order valence-corrected chi connectivity index (χ1v) is 11.1. The first-order valence-electron chi connectivity index (χ1n) is 11.1. The SMILES string of the molecule is Cc1ccc(N=Nc2ccc(O)c(OCC3COCCOCCOCCOCCO3)c2)cc1. The lowest BCUT2D eigenvalue weighted by atomic mass is 10.2. The Labute approximate surface area is 194 Å². The first-order chi connectivity index (χ1) is 16.2. The second kappa shape index (κ2) is 14.6. The van der Waals surface area contributed by atoms with Crippen LogP contribution in [0.3, 0.4) is 0 Å². The van der Waals surface area contributed by atoms with E-state index in [1.807, 2.05) is 31.2 Å². The fourth-order valence-corrected chi connectivity index (χ4v) is 2.88. The van der Waals surface area contributed by atoms with Gasteiger partial charge in [0.05, 0.1) is 70.8 Å². The van der Waals surface area contributed by atoms with Gasteiger partial charge in [-0.05, 0) is 31.2 Å². The third-order valence-corrected chi connectivity index (χ3v) is 4.68. The zero-order chi connectivity index (χ0) is 23.1. The molecule has 1 N–H and O–H groups in total. The summed E-state index contributed by atoms with van der Waals surface area (Å²) in [6.45, 7) is 6.35. The third kappa shape index (κ3) is 9.85. The summed E-state index contributed by atoms with van der Waals surface area (Å²) in [7, 11) is 0. The molecule has 2 aromatic carbocycles. The maximum absolute atomic E-state index is 10.2. The molecule has 2 aromatic rings. The molecule has 180 valence electrons. The summed E-state index contributed by atoms with van der Waals surface area (Å²) in [5.41, 5.74) is 2.46. The van der Waals surface area contributed by atoms with Crippen LogP contribution in [0.25, 0.3) is 0 Å². The molecule has 0 spiro atoms. The van der Waals surface area contributed by atoms with Crippen LogP contribution < -0.4 is 4.74 Å². The number of aryl methyl sites for hydroxylation is 1. The van der Waals surface area contributed by atoms with Crippen molar-refractivity contribution in [2.45, 2.75) is 13.0 Å². The average Bonchev–Trinajstić information content (AvgIpc) is 2.83. The van der Waals surface area contributed by atoms with Gasteiger partial charge in [0.2, 0.25) is 0 Å². The Balaban J connectivity index is 1.54. The van der Waals surface area contributed by atoms with Crippen LogP contribution in [0, 0.1) is 6.92 Å². The van der Waals surface area contributed by atoms with Crippen LogP contribution >= 0.6 is 0 Å². The lowest BCUT2D eigenvalue weighted by Gasteiger charge is -2.19. The van der Waals surface area contributed by atoms with Crippen LogP contribution in [0.15, 0.2) is 52.7 Å². The van der Waals surface area contributed by atoms with E-state index in [1.54, 1.807) is 12.1 Å². The van der Waals surface area contributed by atoms with Crippen LogP contribution in [0.4, 0.5) is 11.4 Å². The number of azo groups is 1. The molecule has 0 aliphatic carbocycles. The van der Waals surface area contributed by atoms with Gasteiger partial charge in [0.1, 0.15) is 12.7 Å². The maximum atomic E-state index is 10.2. The number of hydrogen-bond donors (Lipinski definition) is 1. The van der Waals surface area contributed by atoms with Crippen LogP contribution in [0.1, 0.15) is 5.56 Å². The molecular formula is C24H32N2O7. The summed E-state index contributed by atoms with van der Waals surface area (Å²) < 4.78 is 33.7. The molecule has 0 radical (unpaired) electrons. The third-order valence-electron chi connectivity index (χ3n) is 4.68. The minimum Gasteiger partial charge on any atom is -0.504 e. The molecule has 1 fully saturated rings. The molecule has 1 aliphatic heterocycles. The first kappa shape index (κ1) is 25.1. The molecule has 0 aromatic heterocycles. The largest absolute Gasteiger partial charge is 0.504 e. The molecule has 1 aliphatic rings.